The Morgan fingerprint density at radius 1 is 0.735 bits per heavy atom. The molecular weight excluding hydrogens is 681 g/mol. The summed E-state index contributed by atoms with van der Waals surface area (Å²) in [6.45, 7) is 4.65. The van der Waals surface area contributed by atoms with E-state index in [0.717, 1.165) is 9.75 Å². The van der Waals surface area contributed by atoms with Crippen LogP contribution in [0.15, 0.2) is 114 Å². The number of benzene rings is 4. The number of carbonyl (C=O) groups excluding carboxylic acids is 2. The van der Waals surface area contributed by atoms with E-state index in [1.807, 2.05) is 12.1 Å². The minimum atomic E-state index is -0.210. The molecule has 9 rings (SSSR count). The summed E-state index contributed by atoms with van der Waals surface area (Å²) in [6, 6.07) is 39.8. The quantitative estimate of drug-likeness (QED) is 0.0980. The van der Waals surface area contributed by atoms with E-state index < -0.39 is 0 Å². The smallest absolute Gasteiger partial charge is 0.266 e. The number of aromatic nitrogens is 1. The number of carbonyl (C=O) groups is 2. The normalized spacial score (nSPS) is 15.9. The van der Waals surface area contributed by atoms with E-state index in [1.165, 1.54) is 81.7 Å². The fourth-order valence-electron chi connectivity index (χ4n) is 7.29. The first-order chi connectivity index (χ1) is 23.8. The molecule has 8 heteroatoms. The molecule has 0 atom stereocenters. The molecule has 7 aromatic rings. The van der Waals surface area contributed by atoms with Crippen molar-refractivity contribution in [1.29, 1.82) is 0 Å². The molecule has 0 radical (unpaired) electrons. The summed E-state index contributed by atoms with van der Waals surface area (Å²) in [7, 11) is 0. The molecular formula is C41H28N2O2S4. The van der Waals surface area contributed by atoms with Crippen molar-refractivity contribution in [2.45, 2.75) is 19.3 Å². The molecule has 2 aliphatic rings. The number of thiophene rings is 2. The second kappa shape index (κ2) is 11.5. The van der Waals surface area contributed by atoms with Crippen molar-refractivity contribution in [3.8, 4) is 37.0 Å². The van der Waals surface area contributed by atoms with E-state index in [4.69, 9.17) is 12.2 Å². The first-order valence-corrected chi connectivity index (χ1v) is 18.8. The van der Waals surface area contributed by atoms with Crippen LogP contribution in [0.5, 0.6) is 0 Å². The van der Waals surface area contributed by atoms with Crippen molar-refractivity contribution in [3.63, 3.8) is 0 Å². The molecule has 0 saturated carbocycles. The van der Waals surface area contributed by atoms with Crippen LogP contribution < -0.4 is 0 Å². The number of amides is 1. The van der Waals surface area contributed by atoms with Crippen LogP contribution in [0, 0.1) is 0 Å². The Hall–Kier alpha value is -4.60. The first kappa shape index (κ1) is 30.5. The Kier molecular flexibility index (Phi) is 7.14. The van der Waals surface area contributed by atoms with Gasteiger partial charge in [0.1, 0.15) is 10.6 Å². The van der Waals surface area contributed by atoms with Crippen LogP contribution in [-0.2, 0) is 15.0 Å². The molecule has 1 fully saturated rings. The van der Waals surface area contributed by atoms with Crippen LogP contribution in [-0.4, -0.2) is 32.5 Å². The fraction of sp³-hybridized carbons (Fsp3) is 0.0976. The summed E-state index contributed by atoms with van der Waals surface area (Å²) in [5.74, 6) is -0.210. The number of aldehydes is 1. The van der Waals surface area contributed by atoms with Crippen molar-refractivity contribution in [2.75, 3.05) is 6.54 Å². The average molecular weight is 709 g/mol. The molecule has 0 spiro atoms. The fourth-order valence-corrected chi connectivity index (χ4v) is 10.7. The molecule has 1 aliphatic heterocycles. The number of hydrogen-bond acceptors (Lipinski definition) is 6. The minimum Gasteiger partial charge on any atom is -0.309 e. The maximum atomic E-state index is 12.7. The zero-order valence-electron chi connectivity index (χ0n) is 26.6. The molecule has 1 aliphatic carbocycles. The predicted molar refractivity (Wildman–Crippen MR) is 211 cm³/mol. The molecule has 0 bridgehead atoms. The van der Waals surface area contributed by atoms with E-state index in [0.29, 0.717) is 15.5 Å². The molecule has 238 valence electrons. The maximum absolute atomic E-state index is 12.7. The molecule has 49 heavy (non-hydrogen) atoms. The summed E-state index contributed by atoms with van der Waals surface area (Å²) < 4.78 is 2.83. The summed E-state index contributed by atoms with van der Waals surface area (Å²) >= 11 is 9.96. The Morgan fingerprint density at radius 3 is 2.35 bits per heavy atom. The van der Waals surface area contributed by atoms with Gasteiger partial charge in [0.15, 0.2) is 0 Å². The highest BCUT2D eigenvalue weighted by molar-refractivity contribution is 8.26. The van der Waals surface area contributed by atoms with Crippen molar-refractivity contribution in [1.82, 2.24) is 9.47 Å². The Morgan fingerprint density at radius 2 is 1.47 bits per heavy atom. The van der Waals surface area contributed by atoms with Gasteiger partial charge in [0.25, 0.3) is 5.91 Å². The van der Waals surface area contributed by atoms with Crippen molar-refractivity contribution in [3.05, 3.63) is 130 Å². The summed E-state index contributed by atoms with van der Waals surface area (Å²) in [5.41, 5.74) is 10.1. The Balaban J connectivity index is 1.06. The van der Waals surface area contributed by atoms with Gasteiger partial charge in [0.2, 0.25) is 0 Å². The van der Waals surface area contributed by atoms with Gasteiger partial charge in [0.05, 0.1) is 22.5 Å². The van der Waals surface area contributed by atoms with E-state index in [-0.39, 0.29) is 17.9 Å². The number of nitrogens with zero attached hydrogens (tertiary/aromatic N) is 2. The Labute approximate surface area is 301 Å². The molecule has 0 unspecified atom stereocenters. The zero-order valence-corrected chi connectivity index (χ0v) is 29.9. The third-order valence-electron chi connectivity index (χ3n) is 9.66. The average Bonchev–Trinajstić information content (AvgIpc) is 3.93. The van der Waals surface area contributed by atoms with Gasteiger partial charge in [-0.05, 0) is 88.5 Å². The van der Waals surface area contributed by atoms with Gasteiger partial charge in [0, 0.05) is 41.4 Å². The monoisotopic (exact) mass is 708 g/mol. The highest BCUT2D eigenvalue weighted by Gasteiger charge is 2.35. The molecule has 4 nitrogen and oxygen atoms in total. The lowest BCUT2D eigenvalue weighted by molar-refractivity contribution is -0.124. The number of thioether (sulfide) groups is 1. The lowest BCUT2D eigenvalue weighted by Gasteiger charge is -2.22. The lowest BCUT2D eigenvalue weighted by Crippen LogP contribution is -2.29. The van der Waals surface area contributed by atoms with E-state index in [9.17, 15) is 9.59 Å². The van der Waals surface area contributed by atoms with Crippen molar-refractivity contribution >= 4 is 91.0 Å². The lowest BCUT2D eigenvalue weighted by atomic mass is 9.82. The van der Waals surface area contributed by atoms with Crippen LogP contribution in [0.1, 0.15) is 29.9 Å². The summed E-state index contributed by atoms with van der Waals surface area (Å²) in [4.78, 5) is 30.1. The van der Waals surface area contributed by atoms with Crippen LogP contribution in [0.4, 0.5) is 0 Å². The molecule has 4 heterocycles. The van der Waals surface area contributed by atoms with Crippen LogP contribution >= 0.6 is 46.7 Å². The van der Waals surface area contributed by atoms with Crippen molar-refractivity contribution in [2.24, 2.45) is 0 Å². The predicted octanol–water partition coefficient (Wildman–Crippen LogP) is 10.9. The third kappa shape index (κ3) is 4.81. The van der Waals surface area contributed by atoms with Gasteiger partial charge >= 0.3 is 0 Å². The van der Waals surface area contributed by atoms with Crippen LogP contribution in [0.3, 0.4) is 0 Å². The number of hydrogen-bond donors (Lipinski definition) is 0. The molecule has 1 amide bonds. The second-order valence-corrected chi connectivity index (χ2v) is 16.7. The van der Waals surface area contributed by atoms with E-state index in [2.05, 4.69) is 122 Å². The topological polar surface area (TPSA) is 42.3 Å². The minimum absolute atomic E-state index is 0.0103. The van der Waals surface area contributed by atoms with Gasteiger partial charge in [-0.2, -0.15) is 0 Å². The van der Waals surface area contributed by atoms with Gasteiger partial charge in [-0.25, -0.2) is 0 Å². The molecule has 0 N–H and O–H groups in total. The van der Waals surface area contributed by atoms with E-state index >= 15 is 0 Å². The van der Waals surface area contributed by atoms with Gasteiger partial charge in [-0.1, -0.05) is 92.4 Å². The summed E-state index contributed by atoms with van der Waals surface area (Å²) in [5, 5.41) is 2.47. The van der Waals surface area contributed by atoms with Crippen molar-refractivity contribution < 1.29 is 9.59 Å². The van der Waals surface area contributed by atoms with Crippen LogP contribution in [0.2, 0.25) is 0 Å². The largest absolute Gasteiger partial charge is 0.309 e. The van der Waals surface area contributed by atoms with Gasteiger partial charge in [-0.3, -0.25) is 9.69 Å². The first-order valence-electron chi connectivity index (χ1n) is 16.0. The van der Waals surface area contributed by atoms with Gasteiger partial charge in [-0.15, -0.1) is 22.7 Å². The molecule has 4 aromatic carbocycles. The number of thiocarbonyl (C=S) groups is 1. The van der Waals surface area contributed by atoms with E-state index in [1.54, 1.807) is 22.7 Å². The van der Waals surface area contributed by atoms with Gasteiger partial charge < -0.3 is 9.36 Å². The third-order valence-corrected chi connectivity index (χ3v) is 13.4. The second-order valence-electron chi connectivity index (χ2n) is 12.8. The summed E-state index contributed by atoms with van der Waals surface area (Å²) in [6.07, 6.45) is 2.58. The highest BCUT2D eigenvalue weighted by Crippen LogP contribution is 2.49. The van der Waals surface area contributed by atoms with Crippen LogP contribution in [0.25, 0.3) is 64.9 Å². The standard InChI is InChI=1S/C41H28N2O2S4/c1-41(2)31-9-5-3-7-27(31)28-14-12-25(22-32(28)41)43-33-10-6-4-8-29(33)30-21-24(11-15-34(30)43)35-17-18-37(48-35)36-16-13-26(47-36)23-38-39(45)42(19-20-44)40(46)49-38/h3-18,20-23H,19H2,1-2H3. The number of fused-ring (bicyclic) bond motifs is 6. The SMILES string of the molecule is CC1(C)c2ccccc2-c2ccc(-n3c4ccccc4c4cc(-c5ccc(-c6ccc(C=C7SC(=S)N(CC=O)C7=O)s6)s5)ccc43)cc21. The number of rotatable bonds is 6. The Bertz CT molecular complexity index is 2570. The maximum Gasteiger partial charge on any atom is 0.266 e. The highest BCUT2D eigenvalue weighted by atomic mass is 32.2. The molecule has 1 saturated heterocycles. The molecule has 3 aromatic heterocycles. The number of para-hydroxylation sites is 1. The zero-order chi connectivity index (χ0) is 33.4.